The fourth-order valence-corrected chi connectivity index (χ4v) is 3.31. The molecule has 1 spiro atoms. The van der Waals surface area contributed by atoms with Crippen molar-refractivity contribution < 1.29 is 14.3 Å². The molecule has 1 aromatic carbocycles. The van der Waals surface area contributed by atoms with Gasteiger partial charge < -0.3 is 14.4 Å². The van der Waals surface area contributed by atoms with Crippen LogP contribution in [0.15, 0.2) is 36.7 Å². The van der Waals surface area contributed by atoms with Crippen molar-refractivity contribution in [2.45, 2.75) is 18.6 Å². The molecular formula is C17H18N2O3. The maximum Gasteiger partial charge on any atom is 0.254 e. The second kappa shape index (κ2) is 5.34. The van der Waals surface area contributed by atoms with Crippen LogP contribution in [-0.2, 0) is 9.47 Å². The number of carbonyl (C=O) groups excluding carboxylic acids is 1. The first-order valence-corrected chi connectivity index (χ1v) is 7.67. The largest absolute Gasteiger partial charge is 0.347 e. The van der Waals surface area contributed by atoms with Gasteiger partial charge in [0.2, 0.25) is 0 Å². The van der Waals surface area contributed by atoms with Crippen LogP contribution in [0.2, 0.25) is 0 Å². The summed E-state index contributed by atoms with van der Waals surface area (Å²) in [5.74, 6) is -0.386. The number of aromatic nitrogens is 1. The highest BCUT2D eigenvalue weighted by Crippen LogP contribution is 2.32. The number of amides is 1. The number of likely N-dealkylation sites (tertiary alicyclic amines) is 1. The third kappa shape index (κ3) is 2.26. The van der Waals surface area contributed by atoms with E-state index in [4.69, 9.17) is 9.47 Å². The molecule has 5 nitrogen and oxygen atoms in total. The van der Waals surface area contributed by atoms with Crippen LogP contribution in [0.3, 0.4) is 0 Å². The van der Waals surface area contributed by atoms with Gasteiger partial charge in [0.25, 0.3) is 5.91 Å². The highest BCUT2D eigenvalue weighted by atomic mass is 16.7. The van der Waals surface area contributed by atoms with Crippen LogP contribution in [0, 0.1) is 0 Å². The lowest BCUT2D eigenvalue weighted by molar-refractivity contribution is -0.181. The minimum Gasteiger partial charge on any atom is -0.347 e. The Hall–Kier alpha value is -1.98. The number of nitrogens with zero attached hydrogens (tertiary/aromatic N) is 2. The van der Waals surface area contributed by atoms with Gasteiger partial charge in [-0.2, -0.15) is 0 Å². The fraction of sp³-hybridized carbons (Fsp3) is 0.412. The molecule has 0 aliphatic carbocycles. The van der Waals surface area contributed by atoms with Crippen molar-refractivity contribution in [1.82, 2.24) is 9.88 Å². The Morgan fingerprint density at radius 1 is 1.14 bits per heavy atom. The minimum absolute atomic E-state index is 0.0615. The molecule has 0 N–H and O–H groups in total. The summed E-state index contributed by atoms with van der Waals surface area (Å²) in [6, 6.07) is 7.72. The lowest BCUT2D eigenvalue weighted by Gasteiger charge is -2.37. The lowest BCUT2D eigenvalue weighted by atomic mass is 10.0. The van der Waals surface area contributed by atoms with Crippen LogP contribution < -0.4 is 0 Å². The van der Waals surface area contributed by atoms with Crippen molar-refractivity contribution in [3.8, 4) is 0 Å². The second-order valence-electron chi connectivity index (χ2n) is 5.80. The summed E-state index contributed by atoms with van der Waals surface area (Å²) in [6.45, 7) is 2.64. The first-order chi connectivity index (χ1) is 10.8. The molecule has 0 unspecified atom stereocenters. The number of hydrogen-bond acceptors (Lipinski definition) is 4. The Morgan fingerprint density at radius 3 is 2.68 bits per heavy atom. The van der Waals surface area contributed by atoms with Gasteiger partial charge in [-0.05, 0) is 17.5 Å². The van der Waals surface area contributed by atoms with Gasteiger partial charge in [0.05, 0.1) is 13.2 Å². The molecule has 114 valence electrons. The van der Waals surface area contributed by atoms with E-state index in [1.807, 2.05) is 29.2 Å². The highest BCUT2D eigenvalue weighted by molar-refractivity contribution is 6.06. The molecule has 4 rings (SSSR count). The van der Waals surface area contributed by atoms with E-state index < -0.39 is 5.79 Å². The summed E-state index contributed by atoms with van der Waals surface area (Å²) in [4.78, 5) is 18.9. The molecule has 2 aliphatic heterocycles. The molecule has 0 atom stereocenters. The Bertz CT molecular complexity index is 695. The average Bonchev–Trinajstić information content (AvgIpc) is 3.02. The Morgan fingerprint density at radius 2 is 1.91 bits per heavy atom. The number of rotatable bonds is 1. The molecule has 0 radical (unpaired) electrons. The predicted octanol–water partition coefficient (Wildman–Crippen LogP) is 2.21. The number of benzene rings is 1. The number of piperidine rings is 1. The van der Waals surface area contributed by atoms with Crippen molar-refractivity contribution in [2.24, 2.45) is 0 Å². The molecular weight excluding hydrogens is 280 g/mol. The van der Waals surface area contributed by atoms with Gasteiger partial charge in [-0.15, -0.1) is 0 Å². The zero-order valence-electron chi connectivity index (χ0n) is 12.3. The first-order valence-electron chi connectivity index (χ1n) is 7.67. The number of carbonyl (C=O) groups is 1. The summed E-state index contributed by atoms with van der Waals surface area (Å²) in [6.07, 6.45) is 4.98. The molecule has 0 saturated carbocycles. The predicted molar refractivity (Wildman–Crippen MR) is 81.5 cm³/mol. The van der Waals surface area contributed by atoms with Crippen LogP contribution in [-0.4, -0.2) is 47.9 Å². The van der Waals surface area contributed by atoms with Crippen LogP contribution in [0.1, 0.15) is 23.2 Å². The highest BCUT2D eigenvalue weighted by Gasteiger charge is 2.40. The van der Waals surface area contributed by atoms with E-state index in [0.717, 1.165) is 29.2 Å². The van der Waals surface area contributed by atoms with Crippen molar-refractivity contribution >= 4 is 16.7 Å². The monoisotopic (exact) mass is 298 g/mol. The third-order valence-corrected chi connectivity index (χ3v) is 4.54. The standard InChI is InChI=1S/C17H18N2O3/c20-16(14-3-1-2-13-4-7-18-12-15(13)14)19-8-5-17(6-9-19)21-10-11-22-17/h1-4,7,12H,5-6,8-11H2. The summed E-state index contributed by atoms with van der Waals surface area (Å²) < 4.78 is 11.4. The van der Waals surface area contributed by atoms with Crippen LogP contribution in [0.25, 0.3) is 10.8 Å². The molecule has 22 heavy (non-hydrogen) atoms. The summed E-state index contributed by atoms with van der Waals surface area (Å²) in [5, 5.41) is 1.94. The fourth-order valence-electron chi connectivity index (χ4n) is 3.31. The van der Waals surface area contributed by atoms with Crippen molar-refractivity contribution in [2.75, 3.05) is 26.3 Å². The van der Waals surface area contributed by atoms with Crippen LogP contribution >= 0.6 is 0 Å². The van der Waals surface area contributed by atoms with Gasteiger partial charge in [-0.1, -0.05) is 12.1 Å². The molecule has 2 aromatic rings. The van der Waals surface area contributed by atoms with E-state index >= 15 is 0 Å². The van der Waals surface area contributed by atoms with Gasteiger partial charge in [0.1, 0.15) is 0 Å². The van der Waals surface area contributed by atoms with Crippen molar-refractivity contribution in [3.05, 3.63) is 42.2 Å². The molecule has 1 aromatic heterocycles. The van der Waals surface area contributed by atoms with E-state index in [2.05, 4.69) is 4.98 Å². The number of pyridine rings is 1. The quantitative estimate of drug-likeness (QED) is 0.810. The second-order valence-corrected chi connectivity index (χ2v) is 5.80. The Labute approximate surface area is 128 Å². The molecule has 2 aliphatic rings. The van der Waals surface area contributed by atoms with Gasteiger partial charge in [-0.3, -0.25) is 9.78 Å². The molecule has 0 bridgehead atoms. The molecule has 3 heterocycles. The van der Waals surface area contributed by atoms with E-state index in [-0.39, 0.29) is 5.91 Å². The molecule has 2 saturated heterocycles. The number of ether oxygens (including phenoxy) is 2. The zero-order chi connectivity index (χ0) is 15.0. The first kappa shape index (κ1) is 13.7. The number of hydrogen-bond donors (Lipinski definition) is 0. The topological polar surface area (TPSA) is 51.7 Å². The minimum atomic E-state index is -0.447. The van der Waals surface area contributed by atoms with E-state index in [9.17, 15) is 4.79 Å². The maximum absolute atomic E-state index is 12.8. The van der Waals surface area contributed by atoms with Crippen LogP contribution in [0.4, 0.5) is 0 Å². The van der Waals surface area contributed by atoms with Gasteiger partial charge in [0.15, 0.2) is 5.79 Å². The van der Waals surface area contributed by atoms with Crippen molar-refractivity contribution in [3.63, 3.8) is 0 Å². The third-order valence-electron chi connectivity index (χ3n) is 4.54. The van der Waals surface area contributed by atoms with E-state index in [1.54, 1.807) is 12.4 Å². The van der Waals surface area contributed by atoms with Gasteiger partial charge in [-0.25, -0.2) is 0 Å². The molecule has 1 amide bonds. The SMILES string of the molecule is O=C(c1cccc2ccncc12)N1CCC2(CC1)OCCO2. The normalized spacial score (nSPS) is 20.6. The molecule has 5 heteroatoms. The van der Waals surface area contributed by atoms with E-state index in [0.29, 0.717) is 26.3 Å². The lowest BCUT2D eigenvalue weighted by Crippen LogP contribution is -2.47. The number of fused-ring (bicyclic) bond motifs is 1. The average molecular weight is 298 g/mol. The zero-order valence-corrected chi connectivity index (χ0v) is 12.3. The maximum atomic E-state index is 12.8. The van der Waals surface area contributed by atoms with Crippen LogP contribution in [0.5, 0.6) is 0 Å². The van der Waals surface area contributed by atoms with E-state index in [1.165, 1.54) is 0 Å². The Balaban J connectivity index is 1.57. The summed E-state index contributed by atoms with van der Waals surface area (Å²) in [7, 11) is 0. The summed E-state index contributed by atoms with van der Waals surface area (Å²) in [5.41, 5.74) is 0.717. The van der Waals surface area contributed by atoms with Gasteiger partial charge in [0, 0.05) is 49.3 Å². The smallest absolute Gasteiger partial charge is 0.254 e. The summed E-state index contributed by atoms with van der Waals surface area (Å²) >= 11 is 0. The van der Waals surface area contributed by atoms with Crippen molar-refractivity contribution in [1.29, 1.82) is 0 Å². The molecule has 2 fully saturated rings. The Kier molecular flexibility index (Phi) is 3.32. The van der Waals surface area contributed by atoms with Gasteiger partial charge >= 0.3 is 0 Å².